The van der Waals surface area contributed by atoms with Gasteiger partial charge in [-0.2, -0.15) is 0 Å². The van der Waals surface area contributed by atoms with Gasteiger partial charge in [-0.05, 0) is 17.0 Å². The smallest absolute Gasteiger partial charge is 0.194 e. The fourth-order valence-electron chi connectivity index (χ4n) is 1.72. The second kappa shape index (κ2) is 4.33. The predicted molar refractivity (Wildman–Crippen MR) is 69.6 cm³/mol. The van der Waals surface area contributed by atoms with Crippen molar-refractivity contribution in [3.63, 3.8) is 0 Å². The van der Waals surface area contributed by atoms with Crippen LogP contribution in [0.2, 0.25) is 0 Å². The topological polar surface area (TPSA) is 20.2 Å². The quantitative estimate of drug-likeness (QED) is 0.762. The minimum Gasteiger partial charge on any atom is -0.507 e. The summed E-state index contributed by atoms with van der Waals surface area (Å²) >= 11 is 17.3. The second-order valence-electron chi connectivity index (χ2n) is 3.58. The molecule has 0 aliphatic carbocycles. The summed E-state index contributed by atoms with van der Waals surface area (Å²) in [5, 5.41) is 11.4. The van der Waals surface area contributed by atoms with Crippen LogP contribution in [-0.2, 0) is 6.42 Å². The second-order valence-corrected chi connectivity index (χ2v) is 6.10. The molecule has 1 N–H and O–H groups in total. The maximum Gasteiger partial charge on any atom is 0.194 e. The zero-order valence-corrected chi connectivity index (χ0v) is 10.5. The largest absolute Gasteiger partial charge is 0.507 e. The Hall–Kier alpha value is -0.630. The van der Waals surface area contributed by atoms with E-state index in [-0.39, 0.29) is 5.75 Å². The van der Waals surface area contributed by atoms with Crippen LogP contribution in [-0.4, -0.2) is 8.90 Å². The van der Waals surface area contributed by atoms with Gasteiger partial charge < -0.3 is 5.11 Å². The maximum atomic E-state index is 9.70. The number of phenols is 1. The number of halogens is 3. The molecule has 0 aromatic heterocycles. The van der Waals surface area contributed by atoms with Crippen molar-refractivity contribution in [2.75, 3.05) is 0 Å². The molecule has 4 heteroatoms. The lowest BCUT2D eigenvalue weighted by atomic mass is 10.0. The molecule has 0 saturated carbocycles. The number of fused-ring (bicyclic) bond motifs is 1. The van der Waals surface area contributed by atoms with Crippen LogP contribution in [0.3, 0.4) is 0 Å². The molecular formula is C12H9Cl3O. The van der Waals surface area contributed by atoms with Crippen LogP contribution in [0.1, 0.15) is 5.56 Å². The van der Waals surface area contributed by atoms with E-state index in [4.69, 9.17) is 34.8 Å². The Morgan fingerprint density at radius 2 is 1.56 bits per heavy atom. The number of hydrogen-bond donors (Lipinski definition) is 1. The lowest BCUT2D eigenvalue weighted by Crippen LogP contribution is -2.07. The van der Waals surface area contributed by atoms with Crippen LogP contribution in [0, 0.1) is 0 Å². The predicted octanol–water partition coefficient (Wildman–Crippen LogP) is 4.46. The van der Waals surface area contributed by atoms with E-state index >= 15 is 0 Å². The molecule has 0 heterocycles. The average molecular weight is 276 g/mol. The van der Waals surface area contributed by atoms with Gasteiger partial charge in [-0.3, -0.25) is 0 Å². The third-order valence-corrected chi connectivity index (χ3v) is 2.78. The number of hydrogen-bond acceptors (Lipinski definition) is 1. The Bertz CT molecular complexity index is 517. The zero-order chi connectivity index (χ0) is 11.8. The summed E-state index contributed by atoms with van der Waals surface area (Å²) in [5.41, 5.74) is 0.911. The summed E-state index contributed by atoms with van der Waals surface area (Å²) in [6, 6.07) is 10.9. The molecule has 0 saturated heterocycles. The van der Waals surface area contributed by atoms with Crippen molar-refractivity contribution in [2.45, 2.75) is 10.2 Å². The van der Waals surface area contributed by atoms with Gasteiger partial charge in [-0.25, -0.2) is 0 Å². The highest BCUT2D eigenvalue weighted by atomic mass is 35.6. The normalized spacial score (nSPS) is 11.9. The zero-order valence-electron chi connectivity index (χ0n) is 8.25. The average Bonchev–Trinajstić information content (AvgIpc) is 2.21. The van der Waals surface area contributed by atoms with Crippen LogP contribution in [0.4, 0.5) is 0 Å². The van der Waals surface area contributed by atoms with E-state index in [1.54, 1.807) is 12.1 Å². The van der Waals surface area contributed by atoms with E-state index < -0.39 is 3.79 Å². The van der Waals surface area contributed by atoms with Crippen molar-refractivity contribution < 1.29 is 5.11 Å². The molecular weight excluding hydrogens is 266 g/mol. The Morgan fingerprint density at radius 3 is 2.19 bits per heavy atom. The van der Waals surface area contributed by atoms with Gasteiger partial charge in [0.2, 0.25) is 0 Å². The van der Waals surface area contributed by atoms with Gasteiger partial charge >= 0.3 is 0 Å². The minimum atomic E-state index is -1.32. The summed E-state index contributed by atoms with van der Waals surface area (Å²) in [7, 11) is 0. The van der Waals surface area contributed by atoms with E-state index in [0.29, 0.717) is 6.42 Å². The van der Waals surface area contributed by atoms with Gasteiger partial charge in [0.05, 0.1) is 0 Å². The molecule has 0 aliphatic heterocycles. The van der Waals surface area contributed by atoms with Gasteiger partial charge in [0.15, 0.2) is 3.79 Å². The molecule has 1 nitrogen and oxygen atoms in total. The molecule has 0 atom stereocenters. The van der Waals surface area contributed by atoms with Crippen LogP contribution < -0.4 is 0 Å². The lowest BCUT2D eigenvalue weighted by Gasteiger charge is -2.13. The van der Waals surface area contributed by atoms with Crippen LogP contribution >= 0.6 is 34.8 Å². The standard InChI is InChI=1S/C12H9Cl3O/c13-12(14,15)7-8-5-6-11(16)10-4-2-1-3-9(8)10/h1-6,16H,7H2. The van der Waals surface area contributed by atoms with Crippen molar-refractivity contribution in [3.8, 4) is 5.75 Å². The van der Waals surface area contributed by atoms with E-state index in [0.717, 1.165) is 16.3 Å². The highest BCUT2D eigenvalue weighted by molar-refractivity contribution is 6.67. The Balaban J connectivity index is 2.59. The maximum absolute atomic E-state index is 9.70. The minimum absolute atomic E-state index is 0.240. The first-order valence-electron chi connectivity index (χ1n) is 4.74. The van der Waals surface area contributed by atoms with Crippen molar-refractivity contribution in [1.29, 1.82) is 0 Å². The van der Waals surface area contributed by atoms with Gasteiger partial charge in [0, 0.05) is 11.8 Å². The van der Waals surface area contributed by atoms with E-state index in [1.807, 2.05) is 24.3 Å². The first kappa shape index (κ1) is 11.8. The molecule has 0 aliphatic rings. The van der Waals surface area contributed by atoms with E-state index in [1.165, 1.54) is 0 Å². The van der Waals surface area contributed by atoms with Crippen molar-refractivity contribution in [1.82, 2.24) is 0 Å². The van der Waals surface area contributed by atoms with Gasteiger partial charge in [0.25, 0.3) is 0 Å². The molecule has 0 spiro atoms. The Morgan fingerprint density at radius 1 is 0.938 bits per heavy atom. The summed E-state index contributed by atoms with van der Waals surface area (Å²) in [6.45, 7) is 0. The number of aromatic hydroxyl groups is 1. The Labute approximate surface area is 109 Å². The monoisotopic (exact) mass is 274 g/mol. The molecule has 0 unspecified atom stereocenters. The molecule has 2 aromatic rings. The van der Waals surface area contributed by atoms with Crippen molar-refractivity contribution in [2.24, 2.45) is 0 Å². The van der Waals surface area contributed by atoms with Gasteiger partial charge in [0.1, 0.15) is 5.75 Å². The van der Waals surface area contributed by atoms with Crippen LogP contribution in [0.5, 0.6) is 5.75 Å². The summed E-state index contributed by atoms with van der Waals surface area (Å²) in [5.74, 6) is 0.240. The van der Waals surface area contributed by atoms with Gasteiger partial charge in [-0.15, -0.1) is 0 Å². The molecule has 0 radical (unpaired) electrons. The Kier molecular flexibility index (Phi) is 3.20. The molecule has 0 bridgehead atoms. The van der Waals surface area contributed by atoms with Gasteiger partial charge in [-0.1, -0.05) is 65.1 Å². The molecule has 2 rings (SSSR count). The number of benzene rings is 2. The van der Waals surface area contributed by atoms with E-state index in [9.17, 15) is 5.11 Å². The van der Waals surface area contributed by atoms with Crippen molar-refractivity contribution in [3.05, 3.63) is 42.0 Å². The first-order chi connectivity index (χ1) is 7.47. The molecule has 16 heavy (non-hydrogen) atoms. The summed E-state index contributed by atoms with van der Waals surface area (Å²) in [6.07, 6.45) is 0.318. The molecule has 0 fully saturated rings. The highest BCUT2D eigenvalue weighted by Gasteiger charge is 2.21. The highest BCUT2D eigenvalue weighted by Crippen LogP contribution is 2.35. The summed E-state index contributed by atoms with van der Waals surface area (Å²) in [4.78, 5) is 0. The van der Waals surface area contributed by atoms with Crippen LogP contribution in [0.25, 0.3) is 10.8 Å². The summed E-state index contributed by atoms with van der Waals surface area (Å²) < 4.78 is -1.32. The van der Waals surface area contributed by atoms with E-state index in [2.05, 4.69) is 0 Å². The number of alkyl halides is 3. The lowest BCUT2D eigenvalue weighted by molar-refractivity contribution is 0.481. The molecule has 0 amide bonds. The third kappa shape index (κ3) is 2.54. The number of phenolic OH excluding ortho intramolecular Hbond substituents is 1. The fourth-order valence-corrected chi connectivity index (χ4v) is 2.15. The fraction of sp³-hybridized carbons (Fsp3) is 0.167. The third-order valence-electron chi connectivity index (χ3n) is 2.38. The molecule has 84 valence electrons. The number of rotatable bonds is 1. The first-order valence-corrected chi connectivity index (χ1v) is 5.87. The van der Waals surface area contributed by atoms with Crippen molar-refractivity contribution >= 4 is 45.6 Å². The SMILES string of the molecule is Oc1ccc(CC(Cl)(Cl)Cl)c2ccccc12. The molecule has 2 aromatic carbocycles. The van der Waals surface area contributed by atoms with Crippen LogP contribution in [0.15, 0.2) is 36.4 Å².